The predicted molar refractivity (Wildman–Crippen MR) is 79.7 cm³/mol. The minimum absolute atomic E-state index is 0. The van der Waals surface area contributed by atoms with Crippen molar-refractivity contribution in [2.45, 2.75) is 13.8 Å². The summed E-state index contributed by atoms with van der Waals surface area (Å²) in [6.45, 7) is 3.00. The van der Waals surface area contributed by atoms with Crippen LogP contribution in [0.4, 0.5) is 0 Å². The SMILES string of the molecule is Cc1cc(C(=O)[O-])ccc1C(=O)[O-].Cc1cc(C(=O)[O-])ccc1C(=O)[O-].[Ti+4]. The van der Waals surface area contributed by atoms with Gasteiger partial charge in [0.2, 0.25) is 0 Å². The molecule has 0 amide bonds. The fraction of sp³-hybridized carbons (Fsp3) is 0.111. The minimum Gasteiger partial charge on any atom is -0.545 e. The molecule has 2 rings (SSSR count). The Morgan fingerprint density at radius 2 is 0.889 bits per heavy atom. The molecule has 2 aromatic carbocycles. The van der Waals surface area contributed by atoms with Crippen LogP contribution in [0, 0.1) is 13.8 Å². The summed E-state index contributed by atoms with van der Waals surface area (Å²) in [6.07, 6.45) is 0. The molecule has 9 heteroatoms. The summed E-state index contributed by atoms with van der Waals surface area (Å²) in [6, 6.07) is 7.20. The van der Waals surface area contributed by atoms with E-state index in [9.17, 15) is 39.6 Å². The molecule has 27 heavy (non-hydrogen) atoms. The van der Waals surface area contributed by atoms with Crippen molar-refractivity contribution in [3.63, 3.8) is 0 Å². The molecule has 2 aromatic rings. The second-order valence-corrected chi connectivity index (χ2v) is 5.21. The molecule has 0 atom stereocenters. The summed E-state index contributed by atoms with van der Waals surface area (Å²) in [5, 5.41) is 41.6. The van der Waals surface area contributed by atoms with E-state index in [1.165, 1.54) is 50.2 Å². The largest absolute Gasteiger partial charge is 4.00 e. The minimum atomic E-state index is -1.33. The van der Waals surface area contributed by atoms with Crippen LogP contribution < -0.4 is 20.4 Å². The Labute approximate surface area is 169 Å². The van der Waals surface area contributed by atoms with Crippen LogP contribution in [0.1, 0.15) is 52.6 Å². The predicted octanol–water partition coefficient (Wildman–Crippen LogP) is -2.56. The van der Waals surface area contributed by atoms with Crippen LogP contribution in [-0.4, -0.2) is 23.9 Å². The van der Waals surface area contributed by atoms with Gasteiger partial charge in [0.1, 0.15) is 0 Å². The topological polar surface area (TPSA) is 161 Å². The number of carboxylic acids is 4. The number of aromatic carboxylic acids is 4. The van der Waals surface area contributed by atoms with Gasteiger partial charge in [0.25, 0.3) is 0 Å². The number of hydrogen-bond donors (Lipinski definition) is 0. The summed E-state index contributed by atoms with van der Waals surface area (Å²) >= 11 is 0. The van der Waals surface area contributed by atoms with Crippen LogP contribution >= 0.6 is 0 Å². The molecule has 0 aliphatic heterocycles. The molecule has 0 saturated carbocycles. The molecular formula is C18H12O8Ti. The van der Waals surface area contributed by atoms with Crippen LogP contribution in [0.15, 0.2) is 36.4 Å². The van der Waals surface area contributed by atoms with Crippen molar-refractivity contribution in [3.8, 4) is 0 Å². The Morgan fingerprint density at radius 3 is 1.07 bits per heavy atom. The third-order valence-corrected chi connectivity index (χ3v) is 3.36. The van der Waals surface area contributed by atoms with Gasteiger partial charge in [-0.15, -0.1) is 0 Å². The first-order valence-electron chi connectivity index (χ1n) is 7.11. The van der Waals surface area contributed by atoms with Crippen molar-refractivity contribution in [2.24, 2.45) is 0 Å². The number of carboxylic acid groups (broad SMARTS) is 4. The summed E-state index contributed by atoms with van der Waals surface area (Å²) in [7, 11) is 0. The van der Waals surface area contributed by atoms with E-state index >= 15 is 0 Å². The Morgan fingerprint density at radius 1 is 0.593 bits per heavy atom. The molecule has 0 saturated heterocycles. The van der Waals surface area contributed by atoms with E-state index in [1.54, 1.807) is 0 Å². The average Bonchev–Trinajstić information content (AvgIpc) is 2.54. The summed E-state index contributed by atoms with van der Waals surface area (Å²) in [5.41, 5.74) is 0.600. The van der Waals surface area contributed by atoms with Crippen LogP contribution in [0.2, 0.25) is 0 Å². The van der Waals surface area contributed by atoms with Crippen molar-refractivity contribution in [2.75, 3.05) is 0 Å². The molecule has 0 unspecified atom stereocenters. The standard InChI is InChI=1S/2C9H8O4.Ti/c2*1-5-4-6(8(10)11)2-3-7(5)9(12)13;/h2*2-4H,1H3,(H,10,11)(H,12,13);/q;;+4/p-4. The molecule has 0 aliphatic carbocycles. The third kappa shape index (κ3) is 6.69. The zero-order chi connectivity index (χ0) is 20.0. The Bertz CT molecular complexity index is 815. The Balaban J connectivity index is 0.000000483. The average molecular weight is 404 g/mol. The first-order valence-corrected chi connectivity index (χ1v) is 7.11. The van der Waals surface area contributed by atoms with Gasteiger partial charge in [0.15, 0.2) is 0 Å². The van der Waals surface area contributed by atoms with Crippen LogP contribution in [0.3, 0.4) is 0 Å². The van der Waals surface area contributed by atoms with Crippen molar-refractivity contribution in [1.29, 1.82) is 0 Å². The van der Waals surface area contributed by atoms with Crippen LogP contribution in [0.5, 0.6) is 0 Å². The first kappa shape index (κ1) is 24.0. The van der Waals surface area contributed by atoms with Crippen molar-refractivity contribution >= 4 is 23.9 Å². The van der Waals surface area contributed by atoms with Gasteiger partial charge < -0.3 is 39.6 Å². The summed E-state index contributed by atoms with van der Waals surface area (Å²) < 4.78 is 0. The maximum atomic E-state index is 10.4. The van der Waals surface area contributed by atoms with E-state index in [0.29, 0.717) is 11.1 Å². The second-order valence-electron chi connectivity index (χ2n) is 5.21. The van der Waals surface area contributed by atoms with Gasteiger partial charge >= 0.3 is 21.7 Å². The second kappa shape index (κ2) is 10.2. The fourth-order valence-electron chi connectivity index (χ4n) is 2.04. The zero-order valence-electron chi connectivity index (χ0n) is 14.2. The molecule has 0 spiro atoms. The maximum absolute atomic E-state index is 10.4. The fourth-order valence-corrected chi connectivity index (χ4v) is 2.04. The van der Waals surface area contributed by atoms with Gasteiger partial charge in [-0.3, -0.25) is 0 Å². The Hall–Kier alpha value is -2.97. The van der Waals surface area contributed by atoms with E-state index < -0.39 is 23.9 Å². The molecule has 0 aromatic heterocycles. The number of rotatable bonds is 4. The van der Waals surface area contributed by atoms with E-state index in [1.807, 2.05) is 0 Å². The number of carbonyl (C=O) groups excluding carboxylic acids is 4. The summed E-state index contributed by atoms with van der Waals surface area (Å²) in [5.74, 6) is -5.29. The number of hydrogen-bond acceptors (Lipinski definition) is 8. The van der Waals surface area contributed by atoms with Gasteiger partial charge in [-0.1, -0.05) is 24.3 Å². The van der Waals surface area contributed by atoms with E-state index in [2.05, 4.69) is 0 Å². The van der Waals surface area contributed by atoms with E-state index in [4.69, 9.17) is 0 Å². The molecular weight excluding hydrogens is 392 g/mol. The molecule has 0 bridgehead atoms. The number of carbonyl (C=O) groups is 4. The van der Waals surface area contributed by atoms with E-state index in [0.717, 1.165) is 0 Å². The first-order chi connectivity index (χ1) is 12.0. The van der Waals surface area contributed by atoms with Gasteiger partial charge in [-0.25, -0.2) is 0 Å². The summed E-state index contributed by atoms with van der Waals surface area (Å²) in [4.78, 5) is 41.6. The van der Waals surface area contributed by atoms with Crippen molar-refractivity contribution in [1.82, 2.24) is 0 Å². The molecule has 8 nitrogen and oxygen atoms in total. The molecule has 0 fully saturated rings. The molecule has 0 heterocycles. The van der Waals surface area contributed by atoms with Gasteiger partial charge in [-0.2, -0.15) is 0 Å². The molecule has 136 valence electrons. The smallest absolute Gasteiger partial charge is 0.545 e. The number of aryl methyl sites for hydroxylation is 2. The molecule has 0 N–H and O–H groups in total. The van der Waals surface area contributed by atoms with Crippen molar-refractivity contribution < 1.29 is 61.3 Å². The molecule has 0 aliphatic rings. The monoisotopic (exact) mass is 404 g/mol. The van der Waals surface area contributed by atoms with Crippen molar-refractivity contribution in [3.05, 3.63) is 69.8 Å². The van der Waals surface area contributed by atoms with Gasteiger partial charge in [-0.05, 0) is 48.2 Å². The number of benzene rings is 2. The van der Waals surface area contributed by atoms with Crippen LogP contribution in [-0.2, 0) is 21.7 Å². The van der Waals surface area contributed by atoms with Gasteiger partial charge in [0, 0.05) is 11.1 Å². The van der Waals surface area contributed by atoms with Gasteiger partial charge in [0.05, 0.1) is 23.9 Å². The zero-order valence-corrected chi connectivity index (χ0v) is 15.8. The quantitative estimate of drug-likeness (QED) is 0.503. The Kier molecular flexibility index (Phi) is 9.12. The molecule has 0 radical (unpaired) electrons. The third-order valence-electron chi connectivity index (χ3n) is 3.36. The maximum Gasteiger partial charge on any atom is 4.00 e. The normalized spacial score (nSPS) is 9.26. The van der Waals surface area contributed by atoms with Crippen LogP contribution in [0.25, 0.3) is 0 Å². The van der Waals surface area contributed by atoms with E-state index in [-0.39, 0.29) is 44.0 Å².